The summed E-state index contributed by atoms with van der Waals surface area (Å²) in [5.74, 6) is -2.33. The molecule has 0 spiro atoms. The highest BCUT2D eigenvalue weighted by Crippen LogP contribution is 2.30. The normalized spacial score (nSPS) is 22.3. The zero-order chi connectivity index (χ0) is 19.6. The Labute approximate surface area is 154 Å². The molecule has 2 amide bonds. The highest BCUT2D eigenvalue weighted by Gasteiger charge is 2.35. The lowest BCUT2D eigenvalue weighted by atomic mass is 9.88. The Morgan fingerprint density at radius 3 is 2.70 bits per heavy atom. The van der Waals surface area contributed by atoms with Crippen LogP contribution in [0.15, 0.2) is 12.3 Å². The van der Waals surface area contributed by atoms with Crippen molar-refractivity contribution >= 4 is 29.3 Å². The second-order valence-corrected chi connectivity index (χ2v) is 6.96. The molecule has 0 bridgehead atoms. The summed E-state index contributed by atoms with van der Waals surface area (Å²) in [6, 6.07) is 0.597. The van der Waals surface area contributed by atoms with Gasteiger partial charge < -0.3 is 20.4 Å². The number of carbonyl (C=O) groups excluding carboxylic acids is 2. The summed E-state index contributed by atoms with van der Waals surface area (Å²) >= 11 is 0. The first kappa shape index (κ1) is 19.0. The van der Waals surface area contributed by atoms with E-state index in [1.165, 1.54) is 12.3 Å². The zero-order valence-electron chi connectivity index (χ0n) is 14.6. The van der Waals surface area contributed by atoms with Crippen molar-refractivity contribution in [2.24, 2.45) is 0 Å². The van der Waals surface area contributed by atoms with Crippen molar-refractivity contribution in [1.29, 1.82) is 0 Å². The van der Waals surface area contributed by atoms with Crippen LogP contribution in [-0.4, -0.2) is 57.7 Å². The maximum absolute atomic E-state index is 14.5. The predicted molar refractivity (Wildman–Crippen MR) is 92.6 cm³/mol. The maximum Gasteiger partial charge on any atom is 0.306 e. The third-order valence-electron chi connectivity index (χ3n) is 4.88. The van der Waals surface area contributed by atoms with E-state index in [0.717, 1.165) is 0 Å². The number of aliphatic hydroxyl groups is 1. The van der Waals surface area contributed by atoms with Gasteiger partial charge in [0.05, 0.1) is 23.9 Å². The number of nitrogens with one attached hydrogen (secondary N) is 2. The molecule has 10 heteroatoms. The molecular weight excluding hydrogens is 359 g/mol. The third-order valence-corrected chi connectivity index (χ3v) is 4.88. The molecular formula is C17H21FN4O5. The molecule has 1 unspecified atom stereocenters. The van der Waals surface area contributed by atoms with Gasteiger partial charge in [0.1, 0.15) is 6.04 Å². The first-order valence-electron chi connectivity index (χ1n) is 8.71. The Morgan fingerprint density at radius 1 is 1.41 bits per heavy atom. The number of anilines is 2. The summed E-state index contributed by atoms with van der Waals surface area (Å²) in [5, 5.41) is 24.2. The van der Waals surface area contributed by atoms with E-state index >= 15 is 0 Å². The number of carbonyl (C=O) groups is 3. The number of pyridine rings is 1. The van der Waals surface area contributed by atoms with Crippen molar-refractivity contribution in [3.05, 3.63) is 18.1 Å². The van der Waals surface area contributed by atoms with E-state index in [1.807, 2.05) is 0 Å². The fourth-order valence-electron chi connectivity index (χ4n) is 3.37. The summed E-state index contributed by atoms with van der Waals surface area (Å²) in [7, 11) is 0. The number of amides is 2. The number of halogens is 1. The second-order valence-electron chi connectivity index (χ2n) is 6.96. The average Bonchev–Trinajstić information content (AvgIpc) is 2.58. The van der Waals surface area contributed by atoms with Gasteiger partial charge in [0.15, 0.2) is 11.6 Å². The van der Waals surface area contributed by atoms with Crippen molar-refractivity contribution in [2.75, 3.05) is 23.3 Å². The predicted octanol–water partition coefficient (Wildman–Crippen LogP) is 0.244. The van der Waals surface area contributed by atoms with Crippen molar-refractivity contribution in [3.63, 3.8) is 0 Å². The number of imide groups is 1. The molecule has 2 aliphatic rings. The Balaban J connectivity index is 1.63. The van der Waals surface area contributed by atoms with Crippen molar-refractivity contribution in [2.45, 2.75) is 43.7 Å². The van der Waals surface area contributed by atoms with Gasteiger partial charge in [-0.2, -0.15) is 0 Å². The molecule has 146 valence electrons. The Hall–Kier alpha value is -2.75. The minimum atomic E-state index is -1.29. The van der Waals surface area contributed by atoms with Crippen LogP contribution < -0.4 is 15.5 Å². The molecule has 2 fully saturated rings. The van der Waals surface area contributed by atoms with Gasteiger partial charge in [0.25, 0.3) is 0 Å². The molecule has 9 nitrogen and oxygen atoms in total. The summed E-state index contributed by atoms with van der Waals surface area (Å²) in [5.41, 5.74) is -0.961. The second kappa shape index (κ2) is 7.47. The molecule has 0 radical (unpaired) electrons. The Bertz CT molecular complexity index is 764. The monoisotopic (exact) mass is 380 g/mol. The van der Waals surface area contributed by atoms with Crippen molar-refractivity contribution in [1.82, 2.24) is 10.3 Å². The number of rotatable bonds is 5. The average molecular weight is 380 g/mol. The SMILES string of the molecule is O=C(O)CC1(O)CCN(c2ncc(NC3CCC(=O)NC3=O)cc2F)CC1. The molecule has 3 rings (SSSR count). The first-order chi connectivity index (χ1) is 12.8. The molecule has 2 saturated heterocycles. The van der Waals surface area contributed by atoms with Gasteiger partial charge in [-0.25, -0.2) is 9.37 Å². The molecule has 0 saturated carbocycles. The number of hydrogen-bond donors (Lipinski definition) is 4. The zero-order valence-corrected chi connectivity index (χ0v) is 14.6. The van der Waals surface area contributed by atoms with E-state index in [4.69, 9.17) is 5.11 Å². The van der Waals surface area contributed by atoms with Gasteiger partial charge in [-0.1, -0.05) is 0 Å². The Kier molecular flexibility index (Phi) is 5.26. The largest absolute Gasteiger partial charge is 0.481 e. The van der Waals surface area contributed by atoms with Crippen LogP contribution in [0.3, 0.4) is 0 Å². The number of aliphatic carboxylic acids is 1. The van der Waals surface area contributed by atoms with Gasteiger partial charge in [-0.15, -0.1) is 0 Å². The lowest BCUT2D eigenvalue weighted by Crippen LogP contribution is -2.47. The quantitative estimate of drug-likeness (QED) is 0.534. The summed E-state index contributed by atoms with van der Waals surface area (Å²) in [6.07, 6.45) is 2.01. The fraction of sp³-hybridized carbons (Fsp3) is 0.529. The van der Waals surface area contributed by atoms with Gasteiger partial charge in [-0.3, -0.25) is 19.7 Å². The van der Waals surface area contributed by atoms with Crippen molar-refractivity contribution < 1.29 is 29.0 Å². The third kappa shape index (κ3) is 4.51. The van der Waals surface area contributed by atoms with E-state index < -0.39 is 29.3 Å². The first-order valence-corrected chi connectivity index (χ1v) is 8.71. The maximum atomic E-state index is 14.5. The molecule has 4 N–H and O–H groups in total. The van der Waals surface area contributed by atoms with Gasteiger partial charge in [0.2, 0.25) is 11.8 Å². The highest BCUT2D eigenvalue weighted by atomic mass is 19.1. The smallest absolute Gasteiger partial charge is 0.306 e. The summed E-state index contributed by atoms with van der Waals surface area (Å²) < 4.78 is 14.5. The number of carboxylic acid groups (broad SMARTS) is 1. The van der Waals surface area contributed by atoms with Crippen LogP contribution in [0.2, 0.25) is 0 Å². The number of piperidine rings is 2. The molecule has 1 atom stereocenters. The van der Waals surface area contributed by atoms with E-state index in [0.29, 0.717) is 12.1 Å². The Morgan fingerprint density at radius 2 is 2.11 bits per heavy atom. The lowest BCUT2D eigenvalue weighted by Gasteiger charge is -2.38. The van der Waals surface area contributed by atoms with E-state index in [9.17, 15) is 23.9 Å². The molecule has 1 aromatic heterocycles. The van der Waals surface area contributed by atoms with Crippen LogP contribution in [0.5, 0.6) is 0 Å². The highest BCUT2D eigenvalue weighted by molar-refractivity contribution is 6.01. The van der Waals surface area contributed by atoms with Crippen LogP contribution in [0.1, 0.15) is 32.1 Å². The van der Waals surface area contributed by atoms with Crippen LogP contribution in [0.25, 0.3) is 0 Å². The minimum absolute atomic E-state index is 0.112. The topological polar surface area (TPSA) is 132 Å². The van der Waals surface area contributed by atoms with Gasteiger partial charge in [0, 0.05) is 25.6 Å². The molecule has 27 heavy (non-hydrogen) atoms. The number of hydrogen-bond acceptors (Lipinski definition) is 7. The number of carboxylic acids is 1. The minimum Gasteiger partial charge on any atom is -0.481 e. The van der Waals surface area contributed by atoms with E-state index in [-0.39, 0.29) is 50.5 Å². The van der Waals surface area contributed by atoms with Crippen LogP contribution in [0.4, 0.5) is 15.9 Å². The van der Waals surface area contributed by atoms with Crippen LogP contribution in [0, 0.1) is 5.82 Å². The molecule has 3 heterocycles. The van der Waals surface area contributed by atoms with Crippen LogP contribution in [-0.2, 0) is 14.4 Å². The number of aromatic nitrogens is 1. The molecule has 1 aromatic rings. The number of nitrogens with zero attached hydrogens (tertiary/aromatic N) is 2. The van der Waals surface area contributed by atoms with E-state index in [1.54, 1.807) is 4.90 Å². The summed E-state index contributed by atoms with van der Waals surface area (Å²) in [4.78, 5) is 39.5. The standard InChI is InChI=1S/C17H21FN4O5/c18-11-7-10(20-12-1-2-13(23)21-16(12)26)9-19-15(11)22-5-3-17(27,4-6-22)8-14(24)25/h7,9,12,20,27H,1-6,8H2,(H,24,25)(H,21,23,26). The van der Waals surface area contributed by atoms with Crippen molar-refractivity contribution in [3.8, 4) is 0 Å². The lowest BCUT2D eigenvalue weighted by molar-refractivity contribution is -0.143. The summed E-state index contributed by atoms with van der Waals surface area (Å²) in [6.45, 7) is 0.571. The van der Waals surface area contributed by atoms with E-state index in [2.05, 4.69) is 15.6 Å². The fourth-order valence-corrected chi connectivity index (χ4v) is 3.37. The molecule has 0 aromatic carbocycles. The van der Waals surface area contributed by atoms with Gasteiger partial charge in [-0.05, 0) is 19.3 Å². The van der Waals surface area contributed by atoms with Gasteiger partial charge >= 0.3 is 5.97 Å². The molecule has 0 aliphatic carbocycles. The van der Waals surface area contributed by atoms with Crippen LogP contribution >= 0.6 is 0 Å². The molecule has 2 aliphatic heterocycles.